The minimum Gasteiger partial charge on any atom is -0.480 e. The van der Waals surface area contributed by atoms with Crippen LogP contribution in [0.25, 0.3) is 0 Å². The lowest BCUT2D eigenvalue weighted by Gasteiger charge is -2.22. The predicted molar refractivity (Wildman–Crippen MR) is 86.4 cm³/mol. The number of carbonyl (C=O) groups excluding carboxylic acids is 2. The van der Waals surface area contributed by atoms with Gasteiger partial charge in [-0.1, -0.05) is 19.1 Å². The van der Waals surface area contributed by atoms with Crippen LogP contribution in [-0.4, -0.2) is 40.7 Å². The van der Waals surface area contributed by atoms with Crippen LogP contribution in [0.1, 0.15) is 37.5 Å². The molecular weight excluding hydrogens is 371 g/mol. The third-order valence-corrected chi connectivity index (χ3v) is 3.73. The van der Waals surface area contributed by atoms with Crippen molar-refractivity contribution in [1.29, 1.82) is 0 Å². The molecule has 1 amide bonds. The van der Waals surface area contributed by atoms with E-state index in [0.29, 0.717) is 12.1 Å². The molecule has 150 valence electrons. The second kappa shape index (κ2) is 9.36. The molecule has 0 saturated carbocycles. The van der Waals surface area contributed by atoms with Gasteiger partial charge in [0.2, 0.25) is 0 Å². The van der Waals surface area contributed by atoms with Gasteiger partial charge in [-0.3, -0.25) is 9.59 Å². The van der Waals surface area contributed by atoms with Crippen LogP contribution < -0.4 is 5.32 Å². The Morgan fingerprint density at radius 2 is 1.74 bits per heavy atom. The highest BCUT2D eigenvalue weighted by molar-refractivity contribution is 5.87. The lowest BCUT2D eigenvalue weighted by molar-refractivity contribution is -0.148. The van der Waals surface area contributed by atoms with Gasteiger partial charge in [0.25, 0.3) is 5.91 Å². The third kappa shape index (κ3) is 6.55. The highest BCUT2D eigenvalue weighted by Crippen LogP contribution is 2.30. The van der Waals surface area contributed by atoms with Crippen molar-refractivity contribution in [3.8, 4) is 0 Å². The molecule has 0 fully saturated rings. The fourth-order valence-corrected chi connectivity index (χ4v) is 2.29. The number of ether oxygens (including phenoxy) is 1. The molecule has 7 nitrogen and oxygen atoms in total. The molecule has 0 bridgehead atoms. The second-order valence-electron chi connectivity index (χ2n) is 5.83. The van der Waals surface area contributed by atoms with Crippen LogP contribution in [0.4, 0.5) is 13.2 Å². The van der Waals surface area contributed by atoms with Crippen molar-refractivity contribution in [2.75, 3.05) is 6.61 Å². The number of aliphatic hydroxyl groups excluding tert-OH is 1. The Kier molecular flexibility index (Phi) is 7.77. The molecule has 0 aliphatic carbocycles. The van der Waals surface area contributed by atoms with Crippen molar-refractivity contribution < 1.29 is 42.5 Å². The van der Waals surface area contributed by atoms with Gasteiger partial charge in [0.1, 0.15) is 6.04 Å². The minimum atomic E-state index is -4.57. The van der Waals surface area contributed by atoms with E-state index in [1.165, 1.54) is 6.92 Å². The minimum absolute atomic E-state index is 0.113. The largest absolute Gasteiger partial charge is 0.480 e. The number of halogens is 3. The number of benzene rings is 1. The van der Waals surface area contributed by atoms with Gasteiger partial charge in [0, 0.05) is 0 Å². The normalized spacial score (nSPS) is 14.7. The average molecular weight is 391 g/mol. The molecule has 1 aromatic rings. The molecule has 3 N–H and O–H groups in total. The maximum atomic E-state index is 12.5. The van der Waals surface area contributed by atoms with E-state index in [4.69, 9.17) is 4.74 Å². The fraction of sp³-hybridized carbons (Fsp3) is 0.471. The quantitative estimate of drug-likeness (QED) is 0.584. The predicted octanol–water partition coefficient (Wildman–Crippen LogP) is 1.90. The van der Waals surface area contributed by atoms with Crippen molar-refractivity contribution in [2.24, 2.45) is 5.92 Å². The highest BCUT2D eigenvalue weighted by atomic mass is 19.4. The molecule has 0 spiro atoms. The monoisotopic (exact) mass is 391 g/mol. The average Bonchev–Trinajstić information content (AvgIpc) is 2.57. The summed E-state index contributed by atoms with van der Waals surface area (Å²) in [6.45, 7) is 3.10. The van der Waals surface area contributed by atoms with Crippen molar-refractivity contribution in [3.63, 3.8) is 0 Å². The first-order valence-electron chi connectivity index (χ1n) is 8.01. The number of amides is 1. The van der Waals surface area contributed by atoms with Gasteiger partial charge in [0.05, 0.1) is 18.6 Å². The number of hydrogen-bond donors (Lipinski definition) is 3. The van der Waals surface area contributed by atoms with Gasteiger partial charge in [0.15, 0.2) is 6.10 Å². The van der Waals surface area contributed by atoms with Crippen LogP contribution in [0.2, 0.25) is 0 Å². The summed E-state index contributed by atoms with van der Waals surface area (Å²) in [6.07, 6.45) is -6.71. The Labute approximate surface area is 153 Å². The lowest BCUT2D eigenvalue weighted by atomic mass is 9.97. The maximum Gasteiger partial charge on any atom is 0.416 e. The van der Waals surface area contributed by atoms with Gasteiger partial charge in [-0.2, -0.15) is 13.2 Å². The SMILES string of the molecule is CCOC(=O)C[C@H](C)[C@@H](NC(=O)[C@H](O)c1ccc(C(F)(F)F)cc1)C(=O)O. The van der Waals surface area contributed by atoms with Crippen molar-refractivity contribution in [1.82, 2.24) is 5.32 Å². The Bertz CT molecular complexity index is 674. The second-order valence-corrected chi connectivity index (χ2v) is 5.83. The van der Waals surface area contributed by atoms with E-state index in [9.17, 15) is 37.8 Å². The van der Waals surface area contributed by atoms with Crippen LogP contribution in [-0.2, 0) is 25.3 Å². The molecule has 0 aliphatic rings. The van der Waals surface area contributed by atoms with Crippen molar-refractivity contribution in [3.05, 3.63) is 35.4 Å². The zero-order valence-corrected chi connectivity index (χ0v) is 14.6. The molecule has 1 aromatic carbocycles. The lowest BCUT2D eigenvalue weighted by Crippen LogP contribution is -2.47. The van der Waals surface area contributed by atoms with Gasteiger partial charge in [-0.25, -0.2) is 4.79 Å². The van der Waals surface area contributed by atoms with Crippen LogP contribution in [0.5, 0.6) is 0 Å². The molecule has 0 saturated heterocycles. The fourth-order valence-electron chi connectivity index (χ4n) is 2.29. The number of carbonyl (C=O) groups is 3. The summed E-state index contributed by atoms with van der Waals surface area (Å²) in [5.74, 6) is -4.03. The van der Waals surface area contributed by atoms with E-state index in [-0.39, 0.29) is 18.6 Å². The van der Waals surface area contributed by atoms with Crippen LogP contribution in [0.15, 0.2) is 24.3 Å². The van der Waals surface area contributed by atoms with Gasteiger partial charge in [-0.15, -0.1) is 0 Å². The van der Waals surface area contributed by atoms with Crippen LogP contribution in [0, 0.1) is 5.92 Å². The molecule has 0 heterocycles. The number of alkyl halides is 3. The summed E-state index contributed by atoms with van der Waals surface area (Å²) in [5.41, 5.74) is -1.09. The summed E-state index contributed by atoms with van der Waals surface area (Å²) in [7, 11) is 0. The first-order chi connectivity index (χ1) is 12.5. The third-order valence-electron chi connectivity index (χ3n) is 3.73. The van der Waals surface area contributed by atoms with Gasteiger partial charge < -0.3 is 20.3 Å². The summed E-state index contributed by atoms with van der Waals surface area (Å²) in [6, 6.07) is 1.75. The summed E-state index contributed by atoms with van der Waals surface area (Å²) in [5, 5.41) is 21.3. The number of rotatable bonds is 8. The number of carboxylic acids is 1. The molecule has 3 atom stereocenters. The first-order valence-corrected chi connectivity index (χ1v) is 8.01. The van der Waals surface area contributed by atoms with E-state index < -0.39 is 47.6 Å². The summed E-state index contributed by atoms with van der Waals surface area (Å²) >= 11 is 0. The maximum absolute atomic E-state index is 12.5. The summed E-state index contributed by atoms with van der Waals surface area (Å²) in [4.78, 5) is 34.9. The molecule has 27 heavy (non-hydrogen) atoms. The molecule has 0 unspecified atom stereocenters. The summed E-state index contributed by atoms with van der Waals surface area (Å²) < 4.78 is 42.3. The molecule has 0 aromatic heterocycles. The number of aliphatic hydroxyl groups is 1. The van der Waals surface area contributed by atoms with Crippen LogP contribution in [0.3, 0.4) is 0 Å². The van der Waals surface area contributed by atoms with E-state index >= 15 is 0 Å². The molecule has 0 radical (unpaired) electrons. The Morgan fingerprint density at radius 1 is 1.19 bits per heavy atom. The van der Waals surface area contributed by atoms with E-state index in [1.807, 2.05) is 0 Å². The number of nitrogens with one attached hydrogen (secondary N) is 1. The molecule has 10 heteroatoms. The standard InChI is InChI=1S/C17H20F3NO6/c1-3-27-12(22)8-9(2)13(16(25)26)21-15(24)14(23)10-4-6-11(7-5-10)17(18,19)20/h4-7,9,13-14,23H,3,8H2,1-2H3,(H,21,24)(H,25,26)/t9-,13+,14+/m0/s1. The zero-order valence-electron chi connectivity index (χ0n) is 14.6. The first kappa shape index (κ1) is 22.4. The number of hydrogen-bond acceptors (Lipinski definition) is 5. The zero-order chi connectivity index (χ0) is 20.8. The molecule has 1 rings (SSSR count). The number of carboxylic acid groups (broad SMARTS) is 1. The number of esters is 1. The molecular formula is C17H20F3NO6. The van der Waals surface area contributed by atoms with E-state index in [1.54, 1.807) is 6.92 Å². The van der Waals surface area contributed by atoms with Crippen LogP contribution >= 0.6 is 0 Å². The molecule has 0 aliphatic heterocycles. The van der Waals surface area contributed by atoms with Gasteiger partial charge >= 0.3 is 18.1 Å². The topological polar surface area (TPSA) is 113 Å². The van der Waals surface area contributed by atoms with Crippen molar-refractivity contribution in [2.45, 2.75) is 38.6 Å². The van der Waals surface area contributed by atoms with E-state index in [2.05, 4.69) is 5.32 Å². The van der Waals surface area contributed by atoms with Gasteiger partial charge in [-0.05, 0) is 30.5 Å². The Balaban J connectivity index is 2.83. The Hall–Kier alpha value is -2.62. The van der Waals surface area contributed by atoms with E-state index in [0.717, 1.165) is 12.1 Å². The highest BCUT2D eigenvalue weighted by Gasteiger charge is 2.32. The Morgan fingerprint density at radius 3 is 2.19 bits per heavy atom. The smallest absolute Gasteiger partial charge is 0.416 e. The number of aliphatic carboxylic acids is 1. The van der Waals surface area contributed by atoms with Crippen molar-refractivity contribution >= 4 is 17.8 Å².